The third-order valence-corrected chi connectivity index (χ3v) is 1.35. The molecule has 0 radical (unpaired) electrons. The fourth-order valence-electron chi connectivity index (χ4n) is 0.755. The molecule has 1 rings (SSSR count). The monoisotopic (exact) mass is 176 g/mol. The Kier molecular flexibility index (Phi) is 1.99. The van der Waals surface area contributed by atoms with E-state index in [-0.39, 0.29) is 5.69 Å². The zero-order chi connectivity index (χ0) is 9.30. The third kappa shape index (κ3) is 1.23. The van der Waals surface area contributed by atoms with Crippen LogP contribution < -0.4 is 11.3 Å². The number of halogens is 2. The predicted octanol–water partition coefficient (Wildman–Crippen LogP) is 0.600. The van der Waals surface area contributed by atoms with Crippen molar-refractivity contribution in [2.24, 2.45) is 0 Å². The number of aromatic hydroxyl groups is 1. The standard InChI is InChI=1S/C6H6F2N2O2/c7-5(8)3-4(11)2(9)1-10-6(3)12/h1,5H,9H2,(H2,10,11,12). The van der Waals surface area contributed by atoms with Crippen LogP contribution in [-0.4, -0.2) is 10.1 Å². The lowest BCUT2D eigenvalue weighted by atomic mass is 10.2. The number of pyridine rings is 1. The molecule has 0 saturated carbocycles. The molecule has 0 amide bonds. The first-order valence-electron chi connectivity index (χ1n) is 3.02. The van der Waals surface area contributed by atoms with Crippen molar-refractivity contribution in [3.63, 3.8) is 0 Å². The molecule has 4 nitrogen and oxygen atoms in total. The topological polar surface area (TPSA) is 79.1 Å². The van der Waals surface area contributed by atoms with Crippen molar-refractivity contribution < 1.29 is 13.9 Å². The van der Waals surface area contributed by atoms with Gasteiger partial charge in [0.25, 0.3) is 12.0 Å². The van der Waals surface area contributed by atoms with Crippen molar-refractivity contribution in [2.45, 2.75) is 6.43 Å². The molecule has 4 N–H and O–H groups in total. The number of anilines is 1. The van der Waals surface area contributed by atoms with Gasteiger partial charge in [-0.3, -0.25) is 4.79 Å². The Bertz CT molecular complexity index is 348. The van der Waals surface area contributed by atoms with Gasteiger partial charge in [-0.05, 0) is 0 Å². The molecule has 0 aliphatic rings. The van der Waals surface area contributed by atoms with E-state index in [1.54, 1.807) is 0 Å². The fourth-order valence-corrected chi connectivity index (χ4v) is 0.755. The number of rotatable bonds is 1. The molecule has 1 aromatic rings. The summed E-state index contributed by atoms with van der Waals surface area (Å²) in [4.78, 5) is 12.7. The summed E-state index contributed by atoms with van der Waals surface area (Å²) < 4.78 is 24.1. The third-order valence-electron chi connectivity index (χ3n) is 1.35. The quantitative estimate of drug-likeness (QED) is 0.586. The van der Waals surface area contributed by atoms with Crippen LogP contribution in [0.2, 0.25) is 0 Å². The minimum atomic E-state index is -3.03. The number of hydrogen-bond donors (Lipinski definition) is 3. The van der Waals surface area contributed by atoms with Gasteiger partial charge in [0, 0.05) is 6.20 Å². The largest absolute Gasteiger partial charge is 0.505 e. The highest BCUT2D eigenvalue weighted by molar-refractivity contribution is 5.53. The summed E-state index contributed by atoms with van der Waals surface area (Å²) in [5.74, 6) is -0.853. The van der Waals surface area contributed by atoms with Crippen molar-refractivity contribution in [1.29, 1.82) is 0 Å². The van der Waals surface area contributed by atoms with E-state index in [9.17, 15) is 13.6 Å². The fraction of sp³-hybridized carbons (Fsp3) is 0.167. The predicted molar refractivity (Wildman–Crippen MR) is 38.1 cm³/mol. The molecular weight excluding hydrogens is 170 g/mol. The van der Waals surface area contributed by atoms with E-state index in [0.29, 0.717) is 0 Å². The summed E-state index contributed by atoms with van der Waals surface area (Å²) in [7, 11) is 0. The van der Waals surface area contributed by atoms with Gasteiger partial charge in [0.1, 0.15) is 5.56 Å². The first kappa shape index (κ1) is 8.51. The summed E-state index contributed by atoms with van der Waals surface area (Å²) in [5.41, 5.74) is 2.78. The summed E-state index contributed by atoms with van der Waals surface area (Å²) in [6.07, 6.45) is -2.07. The van der Waals surface area contributed by atoms with Crippen molar-refractivity contribution in [1.82, 2.24) is 4.98 Å². The molecule has 1 aromatic heterocycles. The number of nitrogen functional groups attached to an aromatic ring is 1. The van der Waals surface area contributed by atoms with Crippen LogP contribution in [0, 0.1) is 0 Å². The average molecular weight is 176 g/mol. The first-order valence-corrected chi connectivity index (χ1v) is 3.02. The average Bonchev–Trinajstić information content (AvgIpc) is 1.97. The highest BCUT2D eigenvalue weighted by Gasteiger charge is 2.18. The number of hydrogen-bond acceptors (Lipinski definition) is 3. The van der Waals surface area contributed by atoms with Gasteiger partial charge in [-0.1, -0.05) is 0 Å². The van der Waals surface area contributed by atoms with E-state index < -0.39 is 23.3 Å². The second-order valence-electron chi connectivity index (χ2n) is 2.14. The minimum absolute atomic E-state index is 0.273. The number of aromatic amines is 1. The van der Waals surface area contributed by atoms with Crippen LogP contribution in [0.5, 0.6) is 5.75 Å². The second kappa shape index (κ2) is 2.80. The Morgan fingerprint density at radius 2 is 2.17 bits per heavy atom. The molecule has 0 bridgehead atoms. The summed E-state index contributed by atoms with van der Waals surface area (Å²) in [6.45, 7) is 0. The van der Waals surface area contributed by atoms with Gasteiger partial charge in [0.15, 0.2) is 5.75 Å². The SMILES string of the molecule is Nc1c[nH]c(=O)c(C(F)F)c1O. The summed E-state index contributed by atoms with van der Waals surface area (Å²) in [6, 6.07) is 0. The molecular formula is C6H6F2N2O2. The van der Waals surface area contributed by atoms with Crippen LogP contribution in [0.25, 0.3) is 0 Å². The molecule has 0 unspecified atom stereocenters. The van der Waals surface area contributed by atoms with Gasteiger partial charge in [-0.15, -0.1) is 0 Å². The molecule has 66 valence electrons. The Morgan fingerprint density at radius 3 is 2.58 bits per heavy atom. The van der Waals surface area contributed by atoms with Crippen LogP contribution in [-0.2, 0) is 0 Å². The number of H-pyrrole nitrogens is 1. The van der Waals surface area contributed by atoms with Gasteiger partial charge in [-0.25, -0.2) is 8.78 Å². The lowest BCUT2D eigenvalue weighted by molar-refractivity contribution is 0.145. The molecule has 0 spiro atoms. The Morgan fingerprint density at radius 1 is 1.58 bits per heavy atom. The number of alkyl halides is 2. The second-order valence-corrected chi connectivity index (χ2v) is 2.14. The van der Waals surface area contributed by atoms with Gasteiger partial charge in [0.05, 0.1) is 5.69 Å². The van der Waals surface area contributed by atoms with Gasteiger partial charge in [-0.2, -0.15) is 0 Å². The highest BCUT2D eigenvalue weighted by atomic mass is 19.3. The molecule has 0 aliphatic carbocycles. The van der Waals surface area contributed by atoms with Gasteiger partial charge >= 0.3 is 0 Å². The maximum absolute atomic E-state index is 12.0. The van der Waals surface area contributed by atoms with Crippen molar-refractivity contribution in [2.75, 3.05) is 5.73 Å². The Labute approximate surface area is 65.6 Å². The minimum Gasteiger partial charge on any atom is -0.505 e. The summed E-state index contributed by atoms with van der Waals surface area (Å²) in [5, 5.41) is 8.92. The number of aromatic nitrogens is 1. The highest BCUT2D eigenvalue weighted by Crippen LogP contribution is 2.28. The van der Waals surface area contributed by atoms with Crippen LogP contribution in [0.15, 0.2) is 11.0 Å². The van der Waals surface area contributed by atoms with Crippen molar-refractivity contribution >= 4 is 5.69 Å². The Hall–Kier alpha value is -1.59. The van der Waals surface area contributed by atoms with Gasteiger partial charge in [0.2, 0.25) is 0 Å². The van der Waals surface area contributed by atoms with E-state index in [2.05, 4.69) is 0 Å². The summed E-state index contributed by atoms with van der Waals surface area (Å²) >= 11 is 0. The number of nitrogens with one attached hydrogen (secondary N) is 1. The first-order chi connectivity index (χ1) is 5.54. The Balaban J connectivity index is 3.43. The van der Waals surface area contributed by atoms with Crippen molar-refractivity contribution in [3.05, 3.63) is 22.1 Å². The normalized spacial score (nSPS) is 10.6. The van der Waals surface area contributed by atoms with E-state index in [1.807, 2.05) is 4.98 Å². The van der Waals surface area contributed by atoms with Crippen LogP contribution in [0.3, 0.4) is 0 Å². The molecule has 0 atom stereocenters. The molecule has 0 aliphatic heterocycles. The molecule has 12 heavy (non-hydrogen) atoms. The smallest absolute Gasteiger partial charge is 0.272 e. The van der Waals surface area contributed by atoms with E-state index >= 15 is 0 Å². The van der Waals surface area contributed by atoms with Crippen LogP contribution in [0.1, 0.15) is 12.0 Å². The maximum atomic E-state index is 12.0. The zero-order valence-electron chi connectivity index (χ0n) is 5.84. The maximum Gasteiger partial charge on any atom is 0.272 e. The van der Waals surface area contributed by atoms with Gasteiger partial charge < -0.3 is 15.8 Å². The molecule has 1 heterocycles. The zero-order valence-corrected chi connectivity index (χ0v) is 5.84. The van der Waals surface area contributed by atoms with Crippen molar-refractivity contribution in [3.8, 4) is 5.75 Å². The molecule has 0 fully saturated rings. The lowest BCUT2D eigenvalue weighted by Crippen LogP contribution is -2.13. The van der Waals surface area contributed by atoms with E-state index in [1.165, 1.54) is 0 Å². The van der Waals surface area contributed by atoms with Crippen LogP contribution >= 0.6 is 0 Å². The number of nitrogens with two attached hydrogens (primary N) is 1. The molecule has 6 heteroatoms. The van der Waals surface area contributed by atoms with Crippen LogP contribution in [0.4, 0.5) is 14.5 Å². The van der Waals surface area contributed by atoms with E-state index in [4.69, 9.17) is 10.8 Å². The molecule has 0 aromatic carbocycles. The van der Waals surface area contributed by atoms with E-state index in [0.717, 1.165) is 6.20 Å². The lowest BCUT2D eigenvalue weighted by Gasteiger charge is -2.03. The molecule has 0 saturated heterocycles.